The molecule has 100 valence electrons. The van der Waals surface area contributed by atoms with Gasteiger partial charge in [0, 0.05) is 12.6 Å². The van der Waals surface area contributed by atoms with Crippen molar-refractivity contribution >= 4 is 5.82 Å². The highest BCUT2D eigenvalue weighted by atomic mass is 16.5. The van der Waals surface area contributed by atoms with Crippen LogP contribution in [0.5, 0.6) is 5.88 Å². The maximum Gasteiger partial charge on any atom is 0.218 e. The van der Waals surface area contributed by atoms with E-state index in [-0.39, 0.29) is 0 Å². The number of nitrogens with one attached hydrogen (secondary N) is 1. The molecule has 0 bridgehead atoms. The summed E-state index contributed by atoms with van der Waals surface area (Å²) in [5, 5.41) is 13.7. The first-order valence-electron chi connectivity index (χ1n) is 6.44. The van der Waals surface area contributed by atoms with Gasteiger partial charge in [0.1, 0.15) is 12.1 Å². The quantitative estimate of drug-likeness (QED) is 0.854. The van der Waals surface area contributed by atoms with Crippen LogP contribution in [0.15, 0.2) is 12.4 Å². The van der Waals surface area contributed by atoms with E-state index in [0.29, 0.717) is 24.2 Å². The number of rotatable bonds is 4. The van der Waals surface area contributed by atoms with Gasteiger partial charge in [0.25, 0.3) is 0 Å². The first kappa shape index (κ1) is 13.1. The molecule has 2 atom stereocenters. The van der Waals surface area contributed by atoms with Crippen LogP contribution in [0.25, 0.3) is 0 Å². The zero-order chi connectivity index (χ0) is 13.0. The van der Waals surface area contributed by atoms with E-state index in [1.54, 1.807) is 13.2 Å². The third-order valence-corrected chi connectivity index (χ3v) is 3.52. The van der Waals surface area contributed by atoms with E-state index < -0.39 is 5.60 Å². The maximum absolute atomic E-state index is 10.5. The van der Waals surface area contributed by atoms with Gasteiger partial charge in [0.15, 0.2) is 0 Å². The molecule has 1 aromatic rings. The lowest BCUT2D eigenvalue weighted by atomic mass is 9.79. The van der Waals surface area contributed by atoms with Crippen molar-refractivity contribution in [2.45, 2.75) is 38.2 Å². The molecule has 1 aliphatic carbocycles. The average Bonchev–Trinajstić information content (AvgIpc) is 2.37. The van der Waals surface area contributed by atoms with Crippen LogP contribution in [0.4, 0.5) is 5.82 Å². The number of hydrogen-bond acceptors (Lipinski definition) is 5. The van der Waals surface area contributed by atoms with Gasteiger partial charge in [-0.3, -0.25) is 0 Å². The highest BCUT2D eigenvalue weighted by Gasteiger charge is 2.32. The molecule has 1 saturated carbocycles. The Kier molecular flexibility index (Phi) is 4.01. The number of methoxy groups -OCH3 is 1. The highest BCUT2D eigenvalue weighted by Crippen LogP contribution is 2.32. The number of ether oxygens (including phenoxy) is 1. The molecule has 2 rings (SSSR count). The maximum atomic E-state index is 10.5. The first-order valence-corrected chi connectivity index (χ1v) is 6.44. The van der Waals surface area contributed by atoms with Crippen LogP contribution in [0, 0.1) is 5.92 Å². The molecule has 0 saturated heterocycles. The third kappa shape index (κ3) is 3.32. The summed E-state index contributed by atoms with van der Waals surface area (Å²) in [6.45, 7) is 2.72. The average molecular weight is 251 g/mol. The van der Waals surface area contributed by atoms with E-state index >= 15 is 0 Å². The van der Waals surface area contributed by atoms with Gasteiger partial charge < -0.3 is 15.2 Å². The van der Waals surface area contributed by atoms with Gasteiger partial charge >= 0.3 is 0 Å². The molecule has 0 aromatic carbocycles. The lowest BCUT2D eigenvalue weighted by Gasteiger charge is -2.35. The summed E-state index contributed by atoms with van der Waals surface area (Å²) < 4.78 is 5.04. The minimum absolute atomic E-state index is 0.525. The third-order valence-electron chi connectivity index (χ3n) is 3.52. The van der Waals surface area contributed by atoms with Crippen LogP contribution in [0.1, 0.15) is 32.6 Å². The van der Waals surface area contributed by atoms with Gasteiger partial charge in [-0.2, -0.15) is 0 Å². The zero-order valence-corrected chi connectivity index (χ0v) is 11.0. The van der Waals surface area contributed by atoms with Gasteiger partial charge in [-0.05, 0) is 18.8 Å². The molecule has 1 aliphatic rings. The predicted octanol–water partition coefficient (Wildman–Crippen LogP) is 1.84. The van der Waals surface area contributed by atoms with E-state index in [0.717, 1.165) is 19.3 Å². The first-order chi connectivity index (χ1) is 8.61. The Morgan fingerprint density at radius 1 is 1.56 bits per heavy atom. The van der Waals surface area contributed by atoms with Crippen LogP contribution < -0.4 is 10.1 Å². The molecule has 0 aliphatic heterocycles. The summed E-state index contributed by atoms with van der Waals surface area (Å²) in [5.41, 5.74) is -0.615. The van der Waals surface area contributed by atoms with Gasteiger partial charge in [-0.15, -0.1) is 0 Å². The Morgan fingerprint density at radius 2 is 2.39 bits per heavy atom. The van der Waals surface area contributed by atoms with Gasteiger partial charge in [0.2, 0.25) is 5.88 Å². The van der Waals surface area contributed by atoms with E-state index in [2.05, 4.69) is 22.2 Å². The minimum Gasteiger partial charge on any atom is -0.481 e. The summed E-state index contributed by atoms with van der Waals surface area (Å²) >= 11 is 0. The zero-order valence-electron chi connectivity index (χ0n) is 11.0. The van der Waals surface area contributed by atoms with Crippen LogP contribution in [-0.2, 0) is 0 Å². The second kappa shape index (κ2) is 5.52. The van der Waals surface area contributed by atoms with Gasteiger partial charge in [-0.1, -0.05) is 19.8 Å². The summed E-state index contributed by atoms with van der Waals surface area (Å²) in [4.78, 5) is 8.05. The second-order valence-electron chi connectivity index (χ2n) is 5.23. The van der Waals surface area contributed by atoms with Crippen LogP contribution in [0.2, 0.25) is 0 Å². The highest BCUT2D eigenvalue weighted by molar-refractivity contribution is 5.37. The molecule has 5 nitrogen and oxygen atoms in total. The van der Waals surface area contributed by atoms with Crippen molar-refractivity contribution in [3.8, 4) is 5.88 Å². The molecule has 2 unspecified atom stereocenters. The number of anilines is 1. The van der Waals surface area contributed by atoms with Crippen molar-refractivity contribution in [1.29, 1.82) is 0 Å². The molecule has 1 fully saturated rings. The van der Waals surface area contributed by atoms with Crippen molar-refractivity contribution in [1.82, 2.24) is 9.97 Å². The van der Waals surface area contributed by atoms with Crippen molar-refractivity contribution in [2.75, 3.05) is 19.0 Å². The summed E-state index contributed by atoms with van der Waals surface area (Å²) in [5.74, 6) is 1.80. The lowest BCUT2D eigenvalue weighted by Crippen LogP contribution is -2.41. The van der Waals surface area contributed by atoms with Crippen LogP contribution in [-0.4, -0.2) is 34.3 Å². The Hall–Kier alpha value is -1.36. The molecule has 0 radical (unpaired) electrons. The van der Waals surface area contributed by atoms with Crippen molar-refractivity contribution in [3.63, 3.8) is 0 Å². The summed E-state index contributed by atoms with van der Waals surface area (Å²) in [6, 6.07) is 1.73. The molecule has 5 heteroatoms. The minimum atomic E-state index is -0.615. The number of aromatic nitrogens is 2. The Bertz CT molecular complexity index is 400. The molecule has 0 spiro atoms. The topological polar surface area (TPSA) is 67.3 Å². The molecular weight excluding hydrogens is 230 g/mol. The van der Waals surface area contributed by atoms with Crippen molar-refractivity contribution < 1.29 is 9.84 Å². The van der Waals surface area contributed by atoms with E-state index in [9.17, 15) is 5.11 Å². The number of aliphatic hydroxyl groups is 1. The smallest absolute Gasteiger partial charge is 0.218 e. The Morgan fingerprint density at radius 3 is 3.11 bits per heavy atom. The fourth-order valence-electron chi connectivity index (χ4n) is 2.60. The molecule has 18 heavy (non-hydrogen) atoms. The fraction of sp³-hybridized carbons (Fsp3) is 0.692. The second-order valence-corrected chi connectivity index (χ2v) is 5.23. The Balaban J connectivity index is 1.93. The summed E-state index contributed by atoms with van der Waals surface area (Å²) in [7, 11) is 1.57. The molecule has 0 amide bonds. The van der Waals surface area contributed by atoms with Gasteiger partial charge in [0.05, 0.1) is 12.7 Å². The van der Waals surface area contributed by atoms with Crippen molar-refractivity contribution in [3.05, 3.63) is 12.4 Å². The molecule has 2 N–H and O–H groups in total. The summed E-state index contributed by atoms with van der Waals surface area (Å²) in [6.07, 6.45) is 5.46. The predicted molar refractivity (Wildman–Crippen MR) is 69.7 cm³/mol. The van der Waals surface area contributed by atoms with E-state index in [1.807, 2.05) is 0 Å². The fourth-order valence-corrected chi connectivity index (χ4v) is 2.60. The van der Waals surface area contributed by atoms with E-state index in [4.69, 9.17) is 4.74 Å². The Labute approximate surface area is 108 Å². The van der Waals surface area contributed by atoms with E-state index in [1.165, 1.54) is 12.7 Å². The largest absolute Gasteiger partial charge is 0.481 e. The molecular formula is C13H21N3O2. The SMILES string of the molecule is COc1cc(NCC2(O)CCCC(C)C2)ncn1. The standard InChI is InChI=1S/C13H21N3O2/c1-10-4-3-5-13(17,7-10)8-14-11-6-12(18-2)16-9-15-11/h6,9-10,17H,3-5,7-8H2,1-2H3,(H,14,15,16). The van der Waals surface area contributed by atoms with Crippen LogP contribution in [0.3, 0.4) is 0 Å². The van der Waals surface area contributed by atoms with Gasteiger partial charge in [-0.25, -0.2) is 9.97 Å². The van der Waals surface area contributed by atoms with Crippen molar-refractivity contribution in [2.24, 2.45) is 5.92 Å². The normalized spacial score (nSPS) is 27.8. The lowest BCUT2D eigenvalue weighted by molar-refractivity contribution is -0.000833. The van der Waals surface area contributed by atoms with Crippen LogP contribution >= 0.6 is 0 Å². The monoisotopic (exact) mass is 251 g/mol. The molecule has 1 heterocycles. The molecule has 1 aromatic heterocycles. The number of hydrogen-bond donors (Lipinski definition) is 2. The number of nitrogens with zero attached hydrogens (tertiary/aromatic N) is 2.